The molecule has 0 saturated carbocycles. The molecule has 0 bridgehead atoms. The fraction of sp³-hybridized carbons (Fsp3) is 0.429. The third-order valence-corrected chi connectivity index (χ3v) is 4.21. The highest BCUT2D eigenvalue weighted by Crippen LogP contribution is 2.07. The Morgan fingerprint density at radius 1 is 1.22 bits per heavy atom. The van der Waals surface area contributed by atoms with E-state index in [-0.39, 0.29) is 5.91 Å². The molecule has 0 unspecified atom stereocenters. The summed E-state index contributed by atoms with van der Waals surface area (Å²) < 4.78 is 15.8. The molecule has 1 aromatic rings. The number of benzene rings is 1. The molecule has 0 N–H and O–H groups in total. The lowest BCUT2D eigenvalue weighted by atomic mass is 10.1. The molecule has 4 heteroatoms. The summed E-state index contributed by atoms with van der Waals surface area (Å²) in [4.78, 5) is 0. The highest BCUT2D eigenvalue weighted by Gasteiger charge is 2.05. The topological polar surface area (TPSA) is 27.7 Å². The summed E-state index contributed by atoms with van der Waals surface area (Å²) in [5.41, 5.74) is 2.49. The molecular weight excluding hydrogens is 244 g/mol. The zero-order valence-corrected chi connectivity index (χ0v) is 12.6. The van der Waals surface area contributed by atoms with Gasteiger partial charge >= 0.3 is 0 Å². The van der Waals surface area contributed by atoms with Gasteiger partial charge in [-0.2, -0.15) is 0 Å². The molecule has 0 radical (unpaired) electrons. The number of rotatable bonds is 9. The van der Waals surface area contributed by atoms with Gasteiger partial charge in [0, 0.05) is 20.8 Å². The average Bonchev–Trinajstić information content (AvgIpc) is 2.43. The Balaban J connectivity index is 2.15. The van der Waals surface area contributed by atoms with Crippen molar-refractivity contribution in [2.45, 2.75) is 18.8 Å². The van der Waals surface area contributed by atoms with Crippen LogP contribution in [0.2, 0.25) is 0 Å². The summed E-state index contributed by atoms with van der Waals surface area (Å²) in [5.74, 6) is -0.128. The zero-order chi connectivity index (χ0) is 13.2. The number of ether oxygens (including phenoxy) is 2. The predicted octanol–water partition coefficient (Wildman–Crippen LogP) is 1.94. The third-order valence-electron chi connectivity index (χ3n) is 2.75. The fourth-order valence-corrected chi connectivity index (χ4v) is 2.45. The van der Waals surface area contributed by atoms with Crippen LogP contribution in [0.3, 0.4) is 0 Å². The molecule has 18 heavy (non-hydrogen) atoms. The molecule has 3 nitrogen and oxygen atoms in total. The van der Waals surface area contributed by atoms with Crippen LogP contribution in [0.5, 0.6) is 0 Å². The highest BCUT2D eigenvalue weighted by atomic mass is 28.2. The van der Waals surface area contributed by atoms with E-state index in [0.717, 1.165) is 25.0 Å². The molecular formula is C14H22O3Si. The molecule has 0 aliphatic carbocycles. The maximum absolute atomic E-state index is 5.62. The summed E-state index contributed by atoms with van der Waals surface area (Å²) in [7, 11) is 2.55. The minimum Gasteiger partial charge on any atom is -0.418 e. The van der Waals surface area contributed by atoms with Gasteiger partial charge in [-0.25, -0.2) is 0 Å². The SMILES string of the molecule is C=Cc1ccc(CCCO[SiH2]C(OC)OC)cc1. The maximum Gasteiger partial charge on any atom is 0.223 e. The summed E-state index contributed by atoms with van der Waals surface area (Å²) >= 11 is 0. The Hall–Kier alpha value is -0.943. The molecule has 0 heterocycles. The predicted molar refractivity (Wildman–Crippen MR) is 77.2 cm³/mol. The summed E-state index contributed by atoms with van der Waals surface area (Å²) in [5, 5.41) is 0. The quantitative estimate of drug-likeness (QED) is 0.388. The maximum atomic E-state index is 5.62. The molecule has 100 valence electrons. The van der Waals surface area contributed by atoms with Crippen LogP contribution >= 0.6 is 0 Å². The Morgan fingerprint density at radius 3 is 2.44 bits per heavy atom. The van der Waals surface area contributed by atoms with E-state index in [9.17, 15) is 0 Å². The van der Waals surface area contributed by atoms with Crippen molar-refractivity contribution < 1.29 is 13.9 Å². The van der Waals surface area contributed by atoms with Crippen molar-refractivity contribution >= 4 is 15.8 Å². The average molecular weight is 266 g/mol. The normalized spacial score (nSPS) is 11.5. The van der Waals surface area contributed by atoms with Crippen LogP contribution < -0.4 is 0 Å². The number of methoxy groups -OCH3 is 2. The van der Waals surface area contributed by atoms with E-state index >= 15 is 0 Å². The summed E-state index contributed by atoms with van der Waals surface area (Å²) in [6, 6.07) is 8.46. The summed E-state index contributed by atoms with van der Waals surface area (Å²) in [6.45, 7) is 4.52. The van der Waals surface area contributed by atoms with Crippen molar-refractivity contribution in [2.75, 3.05) is 20.8 Å². The van der Waals surface area contributed by atoms with Crippen molar-refractivity contribution in [2.24, 2.45) is 0 Å². The van der Waals surface area contributed by atoms with Crippen LogP contribution in [0.15, 0.2) is 30.8 Å². The Kier molecular flexibility index (Phi) is 7.60. The van der Waals surface area contributed by atoms with E-state index in [1.165, 1.54) is 5.56 Å². The zero-order valence-electron chi connectivity index (χ0n) is 11.2. The Bertz CT molecular complexity index is 333. The van der Waals surface area contributed by atoms with Gasteiger partial charge in [0.1, 0.15) is 0 Å². The van der Waals surface area contributed by atoms with E-state index < -0.39 is 9.76 Å². The molecule has 0 saturated heterocycles. The van der Waals surface area contributed by atoms with Crippen LogP contribution in [0.25, 0.3) is 6.08 Å². The van der Waals surface area contributed by atoms with Gasteiger partial charge in [0.15, 0.2) is 5.91 Å². The second-order valence-electron chi connectivity index (χ2n) is 4.03. The Labute approximate surface area is 112 Å². The van der Waals surface area contributed by atoms with E-state index in [1.807, 2.05) is 6.08 Å². The van der Waals surface area contributed by atoms with E-state index in [0.29, 0.717) is 0 Å². The first kappa shape index (κ1) is 15.1. The minimum absolute atomic E-state index is 0.128. The molecule has 0 aromatic heterocycles. The molecule has 1 rings (SSSR count). The second kappa shape index (κ2) is 9.05. The standard InChI is InChI=1S/C14H22O3Si/c1-4-12-7-9-13(10-8-12)6-5-11-17-18-14(15-2)16-3/h4,7-10,14H,1,5-6,11,18H2,2-3H3. The number of hydrogen-bond acceptors (Lipinski definition) is 3. The van der Waals surface area contributed by atoms with Gasteiger partial charge in [-0.3, -0.25) is 0 Å². The van der Waals surface area contributed by atoms with Crippen LogP contribution in [0.4, 0.5) is 0 Å². The first-order valence-electron chi connectivity index (χ1n) is 6.15. The number of hydrogen-bond donors (Lipinski definition) is 0. The molecule has 1 aromatic carbocycles. The van der Waals surface area contributed by atoms with Crippen molar-refractivity contribution in [1.29, 1.82) is 0 Å². The van der Waals surface area contributed by atoms with Crippen molar-refractivity contribution in [3.05, 3.63) is 42.0 Å². The van der Waals surface area contributed by atoms with E-state index in [4.69, 9.17) is 13.9 Å². The molecule has 0 amide bonds. The van der Waals surface area contributed by atoms with Crippen LogP contribution in [0.1, 0.15) is 17.5 Å². The lowest BCUT2D eigenvalue weighted by Gasteiger charge is -2.12. The van der Waals surface area contributed by atoms with Crippen LogP contribution in [0, 0.1) is 0 Å². The van der Waals surface area contributed by atoms with Gasteiger partial charge in [0.05, 0.1) is 0 Å². The second-order valence-corrected chi connectivity index (χ2v) is 5.43. The molecule has 0 fully saturated rings. The van der Waals surface area contributed by atoms with E-state index in [1.54, 1.807) is 14.2 Å². The first-order chi connectivity index (χ1) is 8.80. The van der Waals surface area contributed by atoms with E-state index in [2.05, 4.69) is 30.8 Å². The lowest BCUT2D eigenvalue weighted by molar-refractivity contribution is -0.0527. The molecule has 0 atom stereocenters. The Morgan fingerprint density at radius 2 is 1.89 bits per heavy atom. The number of aryl methyl sites for hydroxylation is 1. The van der Waals surface area contributed by atoms with Crippen molar-refractivity contribution in [1.82, 2.24) is 0 Å². The monoisotopic (exact) mass is 266 g/mol. The fourth-order valence-electron chi connectivity index (χ4n) is 1.61. The van der Waals surface area contributed by atoms with Crippen molar-refractivity contribution in [3.8, 4) is 0 Å². The van der Waals surface area contributed by atoms with Gasteiger partial charge in [-0.1, -0.05) is 36.9 Å². The van der Waals surface area contributed by atoms with Gasteiger partial charge in [-0.15, -0.1) is 0 Å². The summed E-state index contributed by atoms with van der Waals surface area (Å²) in [6.07, 6.45) is 3.92. The smallest absolute Gasteiger partial charge is 0.223 e. The van der Waals surface area contributed by atoms with Crippen molar-refractivity contribution in [3.63, 3.8) is 0 Å². The highest BCUT2D eigenvalue weighted by molar-refractivity contribution is 6.28. The van der Waals surface area contributed by atoms with Crippen LogP contribution in [-0.4, -0.2) is 36.5 Å². The molecule has 0 aliphatic rings. The van der Waals surface area contributed by atoms with Gasteiger partial charge in [-0.05, 0) is 24.0 Å². The minimum atomic E-state index is -0.743. The largest absolute Gasteiger partial charge is 0.418 e. The van der Waals surface area contributed by atoms with Gasteiger partial charge in [0.2, 0.25) is 9.76 Å². The van der Waals surface area contributed by atoms with Crippen LogP contribution in [-0.2, 0) is 20.3 Å². The van der Waals surface area contributed by atoms with Gasteiger partial charge < -0.3 is 13.9 Å². The molecule has 0 spiro atoms. The third kappa shape index (κ3) is 5.60. The van der Waals surface area contributed by atoms with Gasteiger partial charge in [0.25, 0.3) is 0 Å². The lowest BCUT2D eigenvalue weighted by Crippen LogP contribution is -2.24. The molecule has 0 aliphatic heterocycles. The first-order valence-corrected chi connectivity index (χ1v) is 7.54.